The minimum absolute atomic E-state index is 0. The number of pyridine rings is 2. The average molecular weight is 2260 g/mol. The number of nitrogens with zero attached hydrogens (tertiary/aromatic N) is 8. The summed E-state index contributed by atoms with van der Waals surface area (Å²) in [6, 6.07) is 122. The van der Waals surface area contributed by atoms with Gasteiger partial charge in [0.25, 0.3) is 0 Å². The molecule has 0 N–H and O–H groups in total. The van der Waals surface area contributed by atoms with Crippen molar-refractivity contribution in [2.24, 2.45) is 0 Å². The van der Waals surface area contributed by atoms with E-state index >= 15 is 0 Å². The van der Waals surface area contributed by atoms with Crippen molar-refractivity contribution in [3.8, 4) is 61.6 Å². The predicted molar refractivity (Wildman–Crippen MR) is 412 cm³/mol. The Bertz CT molecular complexity index is 5310. The molecule has 0 amide bonds. The van der Waals surface area contributed by atoms with Crippen LogP contribution in [-0.4, -0.2) is 38.7 Å². The van der Waals surface area contributed by atoms with Crippen LogP contribution in [0.15, 0.2) is 339 Å². The Morgan fingerprint density at radius 3 is 1.74 bits per heavy atom. The number of para-hydroxylation sites is 4. The number of hydrogen-bond donors (Lipinski definition) is 0. The van der Waals surface area contributed by atoms with E-state index in [1.54, 1.807) is 12.4 Å². The van der Waals surface area contributed by atoms with Crippen molar-refractivity contribution in [2.75, 3.05) is 28.8 Å². The van der Waals surface area contributed by atoms with Gasteiger partial charge in [-0.1, -0.05) is 152 Å². The van der Waals surface area contributed by atoms with E-state index in [9.17, 15) is 0 Å². The monoisotopic (exact) mass is 2270 g/mol. The Morgan fingerprint density at radius 2 is 1.06 bits per heavy atom. The molecule has 106 heavy (non-hydrogen) atoms. The third kappa shape index (κ3) is 18.8. The number of hydrogen-bond acceptors (Lipinski definition) is 8. The maximum Gasteiger partial charge on any atom is 3.00 e. The van der Waals surface area contributed by atoms with Crippen LogP contribution in [0.2, 0.25) is 0 Å². The summed E-state index contributed by atoms with van der Waals surface area (Å²) in [6.07, 6.45) is 11.4. The number of anilines is 4. The molecule has 12 aromatic carbocycles. The van der Waals surface area contributed by atoms with E-state index in [1.165, 1.54) is 55.5 Å². The Labute approximate surface area is 689 Å². The molecular weight excluding hydrogens is 2190 g/mol. The Balaban J connectivity index is 0.000000147. The SMILES string of the molecule is CC1(C)c2ccccc2-c2c[c-]c(-n3cccn3)cc21.CN1C=CN(c2[c-]ccc3c2oc2ccccc23)[CH-]1.CN1[CH-]N(c2[c-]cccc2)c2ccccc21.[Ir+3].[Ir].[Ir].[Ir].[Ir].[c-]1ccc(-c2ccccc2)cc1-c1ccccn1.[c-]1ccccc1-c1[c-]cccc1.[c-]1ccccc1-c1nccc2ccccc12. The van der Waals surface area contributed by atoms with Crippen molar-refractivity contribution in [3.05, 3.63) is 401 Å². The van der Waals surface area contributed by atoms with Crippen molar-refractivity contribution in [1.29, 1.82) is 0 Å². The van der Waals surface area contributed by atoms with Gasteiger partial charge in [-0.05, 0) is 107 Å². The summed E-state index contributed by atoms with van der Waals surface area (Å²) in [5.41, 5.74) is 21.2. The van der Waals surface area contributed by atoms with Crippen LogP contribution in [0.25, 0.3) is 94.3 Å². The Morgan fingerprint density at radius 1 is 0.425 bits per heavy atom. The Hall–Kier alpha value is -9.60. The zero-order valence-corrected chi connectivity index (χ0v) is 70.0. The molecule has 534 valence electrons. The van der Waals surface area contributed by atoms with Gasteiger partial charge in [0.05, 0.1) is 0 Å². The number of rotatable bonds is 7. The molecule has 0 bridgehead atoms. The molecule has 4 aromatic heterocycles. The van der Waals surface area contributed by atoms with Crippen LogP contribution in [0.4, 0.5) is 22.7 Å². The molecule has 16 aromatic rings. The fourth-order valence-electron chi connectivity index (χ4n) is 12.6. The molecule has 4 radical (unpaired) electrons. The van der Waals surface area contributed by atoms with E-state index in [2.05, 4.69) is 204 Å². The molecule has 0 atom stereocenters. The molecule has 9 nitrogen and oxygen atoms in total. The largest absolute Gasteiger partial charge is 3.00 e. The predicted octanol–water partition coefficient (Wildman–Crippen LogP) is 21.8. The first-order chi connectivity index (χ1) is 49.7. The van der Waals surface area contributed by atoms with Gasteiger partial charge in [0.2, 0.25) is 0 Å². The molecule has 0 saturated carbocycles. The van der Waals surface area contributed by atoms with Crippen LogP contribution >= 0.6 is 0 Å². The number of benzene rings is 12. The van der Waals surface area contributed by atoms with Crippen molar-refractivity contribution in [1.82, 2.24) is 24.6 Å². The molecule has 0 spiro atoms. The van der Waals surface area contributed by atoms with E-state index < -0.39 is 0 Å². The number of furan rings is 1. The minimum atomic E-state index is 0. The van der Waals surface area contributed by atoms with Gasteiger partial charge >= 0.3 is 20.1 Å². The molecule has 3 aliphatic rings. The second kappa shape index (κ2) is 38.6. The van der Waals surface area contributed by atoms with Gasteiger partial charge in [-0.3, -0.25) is 4.68 Å². The van der Waals surface area contributed by atoms with Crippen LogP contribution in [-0.2, 0) is 106 Å². The summed E-state index contributed by atoms with van der Waals surface area (Å²) in [7, 11) is 4.05. The van der Waals surface area contributed by atoms with E-state index in [1.807, 2.05) is 241 Å². The topological polar surface area (TPSA) is 69.7 Å². The van der Waals surface area contributed by atoms with Gasteiger partial charge < -0.3 is 34.0 Å². The molecule has 0 unspecified atom stereocenters. The number of aromatic nitrogens is 4. The minimum Gasteiger partial charge on any atom is -0.514 e. The van der Waals surface area contributed by atoms with Crippen LogP contribution < -0.4 is 14.7 Å². The van der Waals surface area contributed by atoms with Crippen molar-refractivity contribution in [3.63, 3.8) is 0 Å². The average Bonchev–Trinajstić information content (AvgIpc) is 1.58. The second-order valence-electron chi connectivity index (χ2n) is 24.5. The molecule has 0 fully saturated rings. The normalized spacial score (nSPS) is 12.0. The maximum atomic E-state index is 5.99. The molecule has 0 saturated heterocycles. The quantitative estimate of drug-likeness (QED) is 0.146. The first-order valence-corrected chi connectivity index (χ1v) is 33.4. The van der Waals surface area contributed by atoms with Crippen LogP contribution in [0.1, 0.15) is 25.0 Å². The van der Waals surface area contributed by atoms with Crippen molar-refractivity contribution in [2.45, 2.75) is 19.3 Å². The molecular formula is C92H69Ir5N8O-6. The standard InChI is InChI=1S/C18H15N2.C17H12N.C16H12N2O.C15H10N.C14H12N2.C12H8.5Ir/c1-18(2)16-7-4-3-6-14(16)15-9-8-13(12-17(15)18)20-11-5-10-19-20;1-2-7-14(8-3-1)15-9-6-10-16(13-15)17-11-4-5-12-18-17;1-17-9-10-18(11-17)14-7-4-6-13-12-5-2-3-8-15(12)19-16(13)14;1-2-7-13(8-3-1)15-14-9-5-4-6-12(14)10-11-16-15;1-15-11-16(12-7-3-2-4-8-12)14-10-6-5-9-13(14)15;1-3-7-11(8-4-1)12-9-5-2-6-10-12;;;;;/h3-7,9-12H,1-2H3;1-9,11-13H;2-6,8-11H,1H3;1-7,9-11H;2-7,9-11H,1H3;1-7,9H;;;;;/q2*-1;-2;-1;2*-2;;;;;+3. The van der Waals surface area contributed by atoms with Gasteiger partial charge in [-0.15, -0.1) is 106 Å². The molecule has 6 heterocycles. The molecule has 19 rings (SSSR count). The van der Waals surface area contributed by atoms with E-state index in [0.29, 0.717) is 0 Å². The summed E-state index contributed by atoms with van der Waals surface area (Å²) < 4.78 is 7.85. The summed E-state index contributed by atoms with van der Waals surface area (Å²) in [6.45, 7) is 8.64. The number of fused-ring (bicyclic) bond motifs is 8. The molecule has 1 aliphatic carbocycles. The third-order valence-corrected chi connectivity index (χ3v) is 17.6. The van der Waals surface area contributed by atoms with Crippen LogP contribution in [0, 0.1) is 55.8 Å². The summed E-state index contributed by atoms with van der Waals surface area (Å²) in [5.74, 6) is 0. The summed E-state index contributed by atoms with van der Waals surface area (Å²) in [4.78, 5) is 17.1. The first-order valence-electron chi connectivity index (χ1n) is 33.4. The zero-order valence-electron chi connectivity index (χ0n) is 58.1. The smallest absolute Gasteiger partial charge is 0.514 e. The van der Waals surface area contributed by atoms with Crippen LogP contribution in [0.3, 0.4) is 0 Å². The first kappa shape index (κ1) is 80.5. The Kier molecular flexibility index (Phi) is 29.3. The summed E-state index contributed by atoms with van der Waals surface area (Å²) in [5, 5.41) is 8.95. The molecule has 14 heteroatoms. The zero-order chi connectivity index (χ0) is 68.7. The maximum absolute atomic E-state index is 5.99. The van der Waals surface area contributed by atoms with Gasteiger partial charge in [-0.25, -0.2) is 11.1 Å². The van der Waals surface area contributed by atoms with Gasteiger partial charge in [0.15, 0.2) is 0 Å². The summed E-state index contributed by atoms with van der Waals surface area (Å²) >= 11 is 0. The third-order valence-electron chi connectivity index (χ3n) is 17.6. The van der Waals surface area contributed by atoms with E-state index in [4.69, 9.17) is 4.42 Å². The van der Waals surface area contributed by atoms with E-state index in [0.717, 1.165) is 72.6 Å². The second-order valence-corrected chi connectivity index (χ2v) is 24.5. The van der Waals surface area contributed by atoms with Crippen LogP contribution in [0.5, 0.6) is 0 Å². The van der Waals surface area contributed by atoms with Crippen molar-refractivity contribution < 1.29 is 105 Å². The van der Waals surface area contributed by atoms with Gasteiger partial charge in [0.1, 0.15) is 5.58 Å². The van der Waals surface area contributed by atoms with Gasteiger partial charge in [0, 0.05) is 128 Å². The molecule has 2 aliphatic heterocycles. The fourth-order valence-corrected chi connectivity index (χ4v) is 12.6. The van der Waals surface area contributed by atoms with E-state index in [-0.39, 0.29) is 106 Å². The van der Waals surface area contributed by atoms with Crippen molar-refractivity contribution >= 4 is 55.5 Å². The fraction of sp³-hybridized carbons (Fsp3) is 0.0543. The van der Waals surface area contributed by atoms with Gasteiger partial charge in [-0.2, -0.15) is 128 Å².